The van der Waals surface area contributed by atoms with Crippen molar-refractivity contribution in [3.63, 3.8) is 0 Å². The maximum atomic E-state index is 10.3. The number of hydrogen-bond acceptors (Lipinski definition) is 7. The summed E-state index contributed by atoms with van der Waals surface area (Å²) in [4.78, 5) is 4.58. The molecule has 3 aromatic heterocycles. The number of pyridine rings is 1. The van der Waals surface area contributed by atoms with Crippen molar-refractivity contribution >= 4 is 33.9 Å². The van der Waals surface area contributed by atoms with E-state index in [0.717, 1.165) is 53.6 Å². The van der Waals surface area contributed by atoms with Gasteiger partial charge in [0, 0.05) is 35.2 Å². The molecule has 9 nitrogen and oxygen atoms in total. The molecule has 0 amide bonds. The molecule has 3 heterocycles. The minimum atomic E-state index is -0.184. The van der Waals surface area contributed by atoms with E-state index in [1.54, 1.807) is 9.08 Å². The lowest BCUT2D eigenvalue weighted by atomic mass is 9.93. The van der Waals surface area contributed by atoms with E-state index in [-0.39, 0.29) is 18.6 Å². The van der Waals surface area contributed by atoms with Gasteiger partial charge >= 0.3 is 0 Å². The number of aliphatic hydroxyl groups is 2. The van der Waals surface area contributed by atoms with Crippen molar-refractivity contribution in [2.45, 2.75) is 44.4 Å². The smallest absolute Gasteiger partial charge is 0.247 e. The van der Waals surface area contributed by atoms with Gasteiger partial charge in [0.1, 0.15) is 5.82 Å². The van der Waals surface area contributed by atoms with Gasteiger partial charge < -0.3 is 30.5 Å². The minimum absolute atomic E-state index is 0.0391. The summed E-state index contributed by atoms with van der Waals surface area (Å²) in [5.41, 5.74) is 1.54. The lowest BCUT2D eigenvalue weighted by molar-refractivity contribution is 0.126. The summed E-state index contributed by atoms with van der Waals surface area (Å²) in [5, 5.41) is 42.1. The topological polar surface area (TPSA) is 120 Å². The van der Waals surface area contributed by atoms with Gasteiger partial charge in [0.25, 0.3) is 0 Å². The maximum Gasteiger partial charge on any atom is 0.247 e. The van der Waals surface area contributed by atoms with E-state index in [4.69, 9.17) is 5.11 Å². The molecule has 0 unspecified atom stereocenters. The number of anilines is 3. The number of benzene rings is 1. The SMILES string of the molecule is OCCn1cc2cc(Nc3nc4cccc(NC5CCC(O)CC5)n4n3)ccc2c1O. The fourth-order valence-corrected chi connectivity index (χ4v) is 4.24. The van der Waals surface area contributed by atoms with Crippen molar-refractivity contribution in [2.24, 2.45) is 0 Å². The van der Waals surface area contributed by atoms with Crippen LogP contribution in [-0.2, 0) is 6.54 Å². The number of rotatable bonds is 6. The van der Waals surface area contributed by atoms with Gasteiger partial charge in [0.15, 0.2) is 11.5 Å². The van der Waals surface area contributed by atoms with Gasteiger partial charge in [-0.05, 0) is 56.0 Å². The third-order valence-electron chi connectivity index (χ3n) is 5.86. The summed E-state index contributed by atoms with van der Waals surface area (Å²) in [6, 6.07) is 11.8. The Kier molecular flexibility index (Phi) is 5.13. The molecule has 4 aromatic rings. The molecule has 1 fully saturated rings. The Morgan fingerprint density at radius 3 is 2.74 bits per heavy atom. The molecule has 0 saturated heterocycles. The number of hydrogen-bond donors (Lipinski definition) is 5. The Morgan fingerprint density at radius 2 is 1.94 bits per heavy atom. The summed E-state index contributed by atoms with van der Waals surface area (Å²) < 4.78 is 3.41. The number of nitrogens with zero attached hydrogens (tertiary/aromatic N) is 4. The van der Waals surface area contributed by atoms with Crippen molar-refractivity contribution in [1.29, 1.82) is 0 Å². The lowest BCUT2D eigenvalue weighted by Crippen LogP contribution is -2.29. The molecule has 0 bridgehead atoms. The molecule has 0 aliphatic heterocycles. The number of fused-ring (bicyclic) bond motifs is 2. The van der Waals surface area contributed by atoms with Crippen LogP contribution in [0.4, 0.5) is 17.5 Å². The van der Waals surface area contributed by atoms with E-state index in [1.807, 2.05) is 42.6 Å². The van der Waals surface area contributed by atoms with E-state index in [2.05, 4.69) is 20.7 Å². The van der Waals surface area contributed by atoms with Crippen LogP contribution in [0.2, 0.25) is 0 Å². The monoisotopic (exact) mass is 422 g/mol. The molecule has 1 aliphatic carbocycles. The van der Waals surface area contributed by atoms with E-state index >= 15 is 0 Å². The summed E-state index contributed by atoms with van der Waals surface area (Å²) in [6.07, 6.45) is 5.12. The molecule has 9 heteroatoms. The fraction of sp³-hybridized carbons (Fsp3) is 0.364. The minimum Gasteiger partial charge on any atom is -0.494 e. The van der Waals surface area contributed by atoms with E-state index < -0.39 is 0 Å². The first-order valence-electron chi connectivity index (χ1n) is 10.6. The number of nitrogens with one attached hydrogen (secondary N) is 2. The average molecular weight is 422 g/mol. The van der Waals surface area contributed by atoms with Gasteiger partial charge in [-0.3, -0.25) is 0 Å². The zero-order valence-electron chi connectivity index (χ0n) is 17.1. The Hall–Kier alpha value is -3.30. The first-order valence-corrected chi connectivity index (χ1v) is 10.6. The summed E-state index contributed by atoms with van der Waals surface area (Å²) in [7, 11) is 0. The third kappa shape index (κ3) is 3.89. The second-order valence-corrected chi connectivity index (χ2v) is 8.06. The van der Waals surface area contributed by atoms with Crippen molar-refractivity contribution in [1.82, 2.24) is 19.2 Å². The Morgan fingerprint density at radius 1 is 1.10 bits per heavy atom. The predicted molar refractivity (Wildman–Crippen MR) is 119 cm³/mol. The number of aliphatic hydroxyl groups excluding tert-OH is 2. The van der Waals surface area contributed by atoms with Crippen LogP contribution >= 0.6 is 0 Å². The second kappa shape index (κ2) is 8.09. The zero-order valence-corrected chi connectivity index (χ0v) is 17.1. The molecule has 162 valence electrons. The van der Waals surface area contributed by atoms with Gasteiger partial charge in [-0.2, -0.15) is 9.50 Å². The quantitative estimate of drug-likeness (QED) is 0.324. The highest BCUT2D eigenvalue weighted by molar-refractivity contribution is 5.90. The van der Waals surface area contributed by atoms with Crippen molar-refractivity contribution in [3.8, 4) is 5.88 Å². The number of aromatic nitrogens is 4. The second-order valence-electron chi connectivity index (χ2n) is 8.06. The van der Waals surface area contributed by atoms with Gasteiger partial charge in [0.05, 0.1) is 12.7 Å². The Bertz CT molecular complexity index is 1210. The molecule has 1 aromatic carbocycles. The van der Waals surface area contributed by atoms with E-state index in [1.165, 1.54) is 0 Å². The molecule has 31 heavy (non-hydrogen) atoms. The molecule has 1 aliphatic rings. The van der Waals surface area contributed by atoms with Crippen LogP contribution in [0, 0.1) is 0 Å². The van der Waals surface area contributed by atoms with Gasteiger partial charge in [-0.25, -0.2) is 0 Å². The fourth-order valence-electron chi connectivity index (χ4n) is 4.24. The molecular weight excluding hydrogens is 396 g/mol. The first-order chi connectivity index (χ1) is 15.1. The third-order valence-corrected chi connectivity index (χ3v) is 5.86. The van der Waals surface area contributed by atoms with Crippen LogP contribution < -0.4 is 10.6 Å². The van der Waals surface area contributed by atoms with Crippen LogP contribution in [0.15, 0.2) is 42.6 Å². The van der Waals surface area contributed by atoms with Crippen LogP contribution in [0.3, 0.4) is 0 Å². The van der Waals surface area contributed by atoms with Gasteiger partial charge in [-0.1, -0.05) is 6.07 Å². The summed E-state index contributed by atoms with van der Waals surface area (Å²) in [6.45, 7) is 0.301. The van der Waals surface area contributed by atoms with Crippen molar-refractivity contribution < 1.29 is 15.3 Å². The van der Waals surface area contributed by atoms with Crippen LogP contribution in [0.1, 0.15) is 25.7 Å². The van der Waals surface area contributed by atoms with Crippen molar-refractivity contribution in [3.05, 3.63) is 42.6 Å². The van der Waals surface area contributed by atoms with Crippen molar-refractivity contribution in [2.75, 3.05) is 17.2 Å². The molecule has 5 N–H and O–H groups in total. The molecular formula is C22H26N6O3. The van der Waals surface area contributed by atoms with Crippen LogP contribution in [0.5, 0.6) is 5.88 Å². The lowest BCUT2D eigenvalue weighted by Gasteiger charge is -2.26. The normalized spacial score (nSPS) is 19.2. The van der Waals surface area contributed by atoms with Crippen LogP contribution in [0.25, 0.3) is 16.4 Å². The molecule has 0 spiro atoms. The maximum absolute atomic E-state index is 10.3. The predicted octanol–water partition coefficient (Wildman–Crippen LogP) is 2.84. The van der Waals surface area contributed by atoms with E-state index in [9.17, 15) is 10.2 Å². The summed E-state index contributed by atoms with van der Waals surface area (Å²) in [5.74, 6) is 1.50. The first kappa shape index (κ1) is 19.7. The standard InChI is InChI=1S/C22H26N6O3/c29-11-10-27-13-14-12-16(6-9-18(14)21(27)31)24-22-25-20-3-1-2-19(28(20)26-22)23-15-4-7-17(30)8-5-15/h1-3,6,9,12-13,15,17,23,29-31H,4-5,7-8,10-11H2,(H,24,26). The average Bonchev–Trinajstić information content (AvgIpc) is 3.31. The van der Waals surface area contributed by atoms with Crippen LogP contribution in [-0.4, -0.2) is 53.2 Å². The highest BCUT2D eigenvalue weighted by atomic mass is 16.3. The van der Waals surface area contributed by atoms with E-state index in [0.29, 0.717) is 18.5 Å². The molecule has 0 radical (unpaired) electrons. The highest BCUT2D eigenvalue weighted by Crippen LogP contribution is 2.30. The summed E-state index contributed by atoms with van der Waals surface area (Å²) >= 11 is 0. The van der Waals surface area contributed by atoms with Gasteiger partial charge in [-0.15, -0.1) is 5.10 Å². The zero-order chi connectivity index (χ0) is 21.4. The number of aromatic hydroxyl groups is 1. The Labute approximate surface area is 179 Å². The molecule has 1 saturated carbocycles. The Balaban J connectivity index is 1.38. The molecule has 0 atom stereocenters. The molecule has 5 rings (SSSR count). The van der Waals surface area contributed by atoms with Gasteiger partial charge in [0.2, 0.25) is 5.95 Å². The highest BCUT2D eigenvalue weighted by Gasteiger charge is 2.20. The largest absolute Gasteiger partial charge is 0.494 e.